The molecule has 0 radical (unpaired) electrons. The van der Waals surface area contributed by atoms with Gasteiger partial charge in [-0.2, -0.15) is 0 Å². The molecule has 0 amide bonds. The highest BCUT2D eigenvalue weighted by atomic mass is 32.1. The Morgan fingerprint density at radius 1 is 1.30 bits per heavy atom. The second-order valence-electron chi connectivity index (χ2n) is 5.36. The fourth-order valence-electron chi connectivity index (χ4n) is 2.66. The molecule has 1 unspecified atom stereocenters. The minimum atomic E-state index is -0.106. The molecule has 0 spiro atoms. The second kappa shape index (κ2) is 6.93. The molecule has 0 aliphatic heterocycles. The minimum absolute atomic E-state index is 0.0270. The van der Waals surface area contributed by atoms with Crippen LogP contribution in [0, 0.1) is 0 Å². The first-order chi connectivity index (χ1) is 11.2. The summed E-state index contributed by atoms with van der Waals surface area (Å²) >= 11 is 1.39. The average molecular weight is 329 g/mol. The first-order valence-electron chi connectivity index (χ1n) is 7.62. The number of benzene rings is 1. The molecule has 120 valence electrons. The molecule has 0 aliphatic carbocycles. The lowest BCUT2D eigenvalue weighted by atomic mass is 10.1. The van der Waals surface area contributed by atoms with E-state index in [-0.39, 0.29) is 18.2 Å². The number of nitrogens with one attached hydrogen (secondary N) is 1. The van der Waals surface area contributed by atoms with Gasteiger partial charge in [0.05, 0.1) is 24.7 Å². The molecule has 3 aromatic rings. The second-order valence-corrected chi connectivity index (χ2v) is 6.27. The number of aliphatic hydroxyl groups excluding tert-OH is 1. The monoisotopic (exact) mass is 329 g/mol. The number of thiophene rings is 1. The molecule has 0 aliphatic rings. The van der Waals surface area contributed by atoms with Gasteiger partial charge in [-0.15, -0.1) is 11.3 Å². The number of H-pyrrole nitrogens is 1. The summed E-state index contributed by atoms with van der Waals surface area (Å²) in [6.45, 7) is 2.54. The predicted octanol–water partition coefficient (Wildman–Crippen LogP) is 2.76. The van der Waals surface area contributed by atoms with Gasteiger partial charge in [0.2, 0.25) is 0 Å². The number of aromatic amines is 1. The molecule has 0 saturated carbocycles. The molecule has 2 aromatic heterocycles. The molecular formula is C17H19N3O2S. The van der Waals surface area contributed by atoms with E-state index in [1.54, 1.807) is 0 Å². The molecule has 0 bridgehead atoms. The molecule has 3 rings (SSSR count). The third-order valence-electron chi connectivity index (χ3n) is 3.89. The van der Waals surface area contributed by atoms with Gasteiger partial charge in [-0.05, 0) is 30.0 Å². The van der Waals surface area contributed by atoms with Crippen molar-refractivity contribution in [1.82, 2.24) is 9.97 Å². The number of fused-ring (bicyclic) bond motifs is 1. The van der Waals surface area contributed by atoms with Crippen LogP contribution in [0.15, 0.2) is 46.6 Å². The quantitative estimate of drug-likeness (QED) is 0.729. The summed E-state index contributed by atoms with van der Waals surface area (Å²) in [4.78, 5) is 21.6. The average Bonchev–Trinajstić information content (AvgIpc) is 3.05. The van der Waals surface area contributed by atoms with Gasteiger partial charge < -0.3 is 15.0 Å². The Morgan fingerprint density at radius 2 is 2.09 bits per heavy atom. The zero-order valence-corrected chi connectivity index (χ0v) is 13.7. The van der Waals surface area contributed by atoms with E-state index in [4.69, 9.17) is 0 Å². The van der Waals surface area contributed by atoms with Gasteiger partial charge in [-0.1, -0.05) is 25.1 Å². The smallest absolute Gasteiger partial charge is 0.268 e. The van der Waals surface area contributed by atoms with Crippen LogP contribution >= 0.6 is 11.3 Å². The molecule has 2 heterocycles. The third kappa shape index (κ3) is 3.28. The lowest BCUT2D eigenvalue weighted by Crippen LogP contribution is -2.38. The zero-order valence-electron chi connectivity index (χ0n) is 12.9. The Bertz CT molecular complexity index is 824. The van der Waals surface area contributed by atoms with Crippen LogP contribution in [0.1, 0.15) is 19.2 Å². The van der Waals surface area contributed by atoms with Crippen molar-refractivity contribution in [3.05, 3.63) is 58.0 Å². The van der Waals surface area contributed by atoms with Gasteiger partial charge in [0, 0.05) is 5.69 Å². The van der Waals surface area contributed by atoms with Crippen LogP contribution in [0.25, 0.3) is 10.2 Å². The van der Waals surface area contributed by atoms with Gasteiger partial charge >= 0.3 is 0 Å². The fourth-order valence-corrected chi connectivity index (χ4v) is 3.38. The van der Waals surface area contributed by atoms with Crippen LogP contribution in [0.4, 0.5) is 5.69 Å². The molecule has 5 nitrogen and oxygen atoms in total. The van der Waals surface area contributed by atoms with Gasteiger partial charge in [-0.25, -0.2) is 4.98 Å². The molecule has 6 heteroatoms. The van der Waals surface area contributed by atoms with Crippen molar-refractivity contribution < 1.29 is 5.11 Å². The first kappa shape index (κ1) is 15.7. The molecule has 1 atom stereocenters. The Labute approximate surface area is 138 Å². The summed E-state index contributed by atoms with van der Waals surface area (Å²) < 4.78 is 0.647. The van der Waals surface area contributed by atoms with E-state index in [0.717, 1.165) is 17.6 Å². The van der Waals surface area contributed by atoms with E-state index in [1.165, 1.54) is 11.3 Å². The van der Waals surface area contributed by atoms with Crippen LogP contribution < -0.4 is 10.5 Å². The Kier molecular flexibility index (Phi) is 4.73. The number of aromatic nitrogens is 2. The predicted molar refractivity (Wildman–Crippen MR) is 94.0 cm³/mol. The normalized spacial score (nSPS) is 12.4. The van der Waals surface area contributed by atoms with E-state index >= 15 is 0 Å². The van der Waals surface area contributed by atoms with Gasteiger partial charge in [0.15, 0.2) is 0 Å². The third-order valence-corrected chi connectivity index (χ3v) is 4.80. The standard InChI is InChI=1S/C17H19N3O2S/c1-2-12(11-21)20(13-6-4-3-5-7-13)10-15-18-14-8-9-23-16(14)17(22)19-15/h3-9,12,21H,2,10-11H2,1H3,(H,18,19,22). The highest BCUT2D eigenvalue weighted by Crippen LogP contribution is 2.21. The fraction of sp³-hybridized carbons (Fsp3) is 0.294. The lowest BCUT2D eigenvalue weighted by molar-refractivity contribution is 0.254. The maximum Gasteiger partial charge on any atom is 0.268 e. The SMILES string of the molecule is CCC(CO)N(Cc1nc2ccsc2c(=O)[nH]1)c1ccccc1. The maximum atomic E-state index is 12.1. The van der Waals surface area contributed by atoms with E-state index < -0.39 is 0 Å². The van der Waals surface area contributed by atoms with Crippen LogP contribution in [0.5, 0.6) is 0 Å². The topological polar surface area (TPSA) is 69.2 Å². The summed E-state index contributed by atoms with van der Waals surface area (Å²) in [5, 5.41) is 11.6. The first-order valence-corrected chi connectivity index (χ1v) is 8.49. The van der Waals surface area contributed by atoms with Crippen LogP contribution in [-0.2, 0) is 6.54 Å². The number of nitrogens with zero attached hydrogens (tertiary/aromatic N) is 2. The van der Waals surface area contributed by atoms with Gasteiger partial charge in [-0.3, -0.25) is 4.79 Å². The summed E-state index contributed by atoms with van der Waals surface area (Å²) in [5.41, 5.74) is 1.62. The number of rotatable bonds is 6. The Balaban J connectivity index is 1.98. The largest absolute Gasteiger partial charge is 0.394 e. The summed E-state index contributed by atoms with van der Waals surface area (Å²) in [5.74, 6) is 0.608. The molecule has 23 heavy (non-hydrogen) atoms. The van der Waals surface area contributed by atoms with Gasteiger partial charge in [0.1, 0.15) is 10.5 Å². The summed E-state index contributed by atoms with van der Waals surface area (Å²) in [7, 11) is 0. The van der Waals surface area contributed by atoms with E-state index in [1.807, 2.05) is 48.7 Å². The van der Waals surface area contributed by atoms with Crippen molar-refractivity contribution in [2.45, 2.75) is 25.9 Å². The lowest BCUT2D eigenvalue weighted by Gasteiger charge is -2.31. The molecular weight excluding hydrogens is 310 g/mol. The highest BCUT2D eigenvalue weighted by Gasteiger charge is 2.18. The van der Waals surface area contributed by atoms with Crippen molar-refractivity contribution in [2.24, 2.45) is 0 Å². The number of hydrogen-bond acceptors (Lipinski definition) is 5. The van der Waals surface area contributed by atoms with Crippen molar-refractivity contribution in [1.29, 1.82) is 0 Å². The summed E-state index contributed by atoms with van der Waals surface area (Å²) in [6, 6.07) is 11.7. The highest BCUT2D eigenvalue weighted by molar-refractivity contribution is 7.17. The zero-order chi connectivity index (χ0) is 16.2. The van der Waals surface area contributed by atoms with E-state index in [0.29, 0.717) is 17.1 Å². The maximum absolute atomic E-state index is 12.1. The molecule has 2 N–H and O–H groups in total. The van der Waals surface area contributed by atoms with E-state index in [9.17, 15) is 9.90 Å². The molecule has 0 fully saturated rings. The number of anilines is 1. The van der Waals surface area contributed by atoms with Crippen LogP contribution in [0.3, 0.4) is 0 Å². The summed E-state index contributed by atoms with van der Waals surface area (Å²) in [6.07, 6.45) is 0.802. The molecule has 1 aromatic carbocycles. The van der Waals surface area contributed by atoms with Crippen LogP contribution in [0.2, 0.25) is 0 Å². The Hall–Kier alpha value is -2.18. The minimum Gasteiger partial charge on any atom is -0.394 e. The molecule has 0 saturated heterocycles. The van der Waals surface area contributed by atoms with Crippen molar-refractivity contribution in [3.63, 3.8) is 0 Å². The van der Waals surface area contributed by atoms with Gasteiger partial charge in [0.25, 0.3) is 5.56 Å². The van der Waals surface area contributed by atoms with Crippen molar-refractivity contribution in [2.75, 3.05) is 11.5 Å². The Morgan fingerprint density at radius 3 is 2.78 bits per heavy atom. The number of aliphatic hydroxyl groups is 1. The van der Waals surface area contributed by atoms with Crippen molar-refractivity contribution >= 4 is 27.2 Å². The number of hydrogen-bond donors (Lipinski definition) is 2. The van der Waals surface area contributed by atoms with Crippen molar-refractivity contribution in [3.8, 4) is 0 Å². The van der Waals surface area contributed by atoms with Crippen LogP contribution in [-0.4, -0.2) is 27.7 Å². The van der Waals surface area contributed by atoms with E-state index in [2.05, 4.69) is 14.9 Å². The number of para-hydroxylation sites is 1.